The Kier molecular flexibility index (Phi) is 1.48. The minimum atomic E-state index is -0.721. The summed E-state index contributed by atoms with van der Waals surface area (Å²) in [4.78, 5) is 0. The SMILES string of the molecule is C[C@@H]1OB(O)c2ccccc21. The van der Waals surface area contributed by atoms with Gasteiger partial charge in [-0.25, -0.2) is 0 Å². The summed E-state index contributed by atoms with van der Waals surface area (Å²) in [6, 6.07) is 7.74. The monoisotopic (exact) mass is 148 g/mol. The molecule has 0 unspecified atom stereocenters. The fourth-order valence-corrected chi connectivity index (χ4v) is 1.45. The maximum absolute atomic E-state index is 9.33. The van der Waals surface area contributed by atoms with E-state index < -0.39 is 7.12 Å². The Balaban J connectivity index is 2.52. The van der Waals surface area contributed by atoms with E-state index in [1.54, 1.807) is 0 Å². The average Bonchev–Trinajstić information content (AvgIpc) is 2.30. The number of hydrogen-bond donors (Lipinski definition) is 1. The van der Waals surface area contributed by atoms with E-state index in [9.17, 15) is 5.02 Å². The Morgan fingerprint density at radius 3 is 2.91 bits per heavy atom. The Labute approximate surface area is 66.0 Å². The van der Waals surface area contributed by atoms with Crippen LogP contribution >= 0.6 is 0 Å². The van der Waals surface area contributed by atoms with Crippen molar-refractivity contribution < 1.29 is 9.68 Å². The second-order valence-corrected chi connectivity index (χ2v) is 2.76. The van der Waals surface area contributed by atoms with Gasteiger partial charge in [0.25, 0.3) is 0 Å². The van der Waals surface area contributed by atoms with Crippen LogP contribution in [-0.4, -0.2) is 12.1 Å². The van der Waals surface area contributed by atoms with Crippen LogP contribution in [0.25, 0.3) is 0 Å². The van der Waals surface area contributed by atoms with Crippen molar-refractivity contribution in [3.8, 4) is 0 Å². The van der Waals surface area contributed by atoms with E-state index in [0.717, 1.165) is 11.0 Å². The molecule has 2 nitrogen and oxygen atoms in total. The molecule has 56 valence electrons. The van der Waals surface area contributed by atoms with Gasteiger partial charge >= 0.3 is 7.12 Å². The van der Waals surface area contributed by atoms with Crippen molar-refractivity contribution >= 4 is 12.6 Å². The Hall–Kier alpha value is -0.795. The van der Waals surface area contributed by atoms with Crippen LogP contribution in [0.1, 0.15) is 18.6 Å². The van der Waals surface area contributed by atoms with Gasteiger partial charge in [0.2, 0.25) is 0 Å². The highest BCUT2D eigenvalue weighted by atomic mass is 16.5. The minimum Gasteiger partial charge on any atom is -0.423 e. The molecule has 0 aromatic heterocycles. The molecule has 0 radical (unpaired) electrons. The molecular weight excluding hydrogens is 139 g/mol. The topological polar surface area (TPSA) is 29.5 Å². The van der Waals surface area contributed by atoms with Gasteiger partial charge in [0.15, 0.2) is 0 Å². The normalized spacial score (nSPS) is 22.0. The van der Waals surface area contributed by atoms with E-state index in [0.29, 0.717) is 0 Å². The lowest BCUT2D eigenvalue weighted by molar-refractivity contribution is 0.209. The van der Waals surface area contributed by atoms with Crippen LogP contribution in [0, 0.1) is 0 Å². The molecule has 1 atom stereocenters. The molecular formula is C8H9BO2. The molecule has 1 aromatic rings. The van der Waals surface area contributed by atoms with Gasteiger partial charge in [-0.1, -0.05) is 24.3 Å². The van der Waals surface area contributed by atoms with Crippen molar-refractivity contribution in [2.45, 2.75) is 13.0 Å². The quantitative estimate of drug-likeness (QED) is 0.541. The van der Waals surface area contributed by atoms with Crippen molar-refractivity contribution in [1.82, 2.24) is 0 Å². The van der Waals surface area contributed by atoms with Crippen molar-refractivity contribution in [1.29, 1.82) is 0 Å². The molecule has 11 heavy (non-hydrogen) atoms. The number of benzene rings is 1. The van der Waals surface area contributed by atoms with Crippen LogP contribution in [0.5, 0.6) is 0 Å². The van der Waals surface area contributed by atoms with Crippen molar-refractivity contribution in [3.63, 3.8) is 0 Å². The van der Waals surface area contributed by atoms with Gasteiger partial charge in [0.1, 0.15) is 0 Å². The lowest BCUT2D eigenvalue weighted by Crippen LogP contribution is -2.27. The molecule has 0 amide bonds. The van der Waals surface area contributed by atoms with Gasteiger partial charge in [0.05, 0.1) is 6.10 Å². The van der Waals surface area contributed by atoms with Crippen molar-refractivity contribution in [2.24, 2.45) is 0 Å². The van der Waals surface area contributed by atoms with Crippen LogP contribution in [-0.2, 0) is 4.65 Å². The third kappa shape index (κ3) is 0.969. The minimum absolute atomic E-state index is 0.0289. The van der Waals surface area contributed by atoms with Crippen molar-refractivity contribution in [2.75, 3.05) is 0 Å². The van der Waals surface area contributed by atoms with Crippen LogP contribution in [0.4, 0.5) is 0 Å². The highest BCUT2D eigenvalue weighted by Crippen LogP contribution is 2.21. The molecule has 0 saturated heterocycles. The molecule has 1 aliphatic rings. The van der Waals surface area contributed by atoms with Gasteiger partial charge in [0, 0.05) is 0 Å². The summed E-state index contributed by atoms with van der Waals surface area (Å²) in [5, 5.41) is 9.33. The number of hydrogen-bond acceptors (Lipinski definition) is 2. The lowest BCUT2D eigenvalue weighted by atomic mass is 9.79. The fourth-order valence-electron chi connectivity index (χ4n) is 1.45. The summed E-state index contributed by atoms with van der Waals surface area (Å²) in [6.45, 7) is 1.94. The van der Waals surface area contributed by atoms with Crippen LogP contribution < -0.4 is 5.46 Å². The highest BCUT2D eigenvalue weighted by molar-refractivity contribution is 6.61. The van der Waals surface area contributed by atoms with E-state index in [4.69, 9.17) is 4.65 Å². The second-order valence-electron chi connectivity index (χ2n) is 2.76. The van der Waals surface area contributed by atoms with E-state index >= 15 is 0 Å². The second kappa shape index (κ2) is 2.36. The molecule has 0 aliphatic carbocycles. The van der Waals surface area contributed by atoms with E-state index in [1.165, 1.54) is 0 Å². The van der Waals surface area contributed by atoms with E-state index in [1.807, 2.05) is 31.2 Å². The molecule has 0 saturated carbocycles. The largest absolute Gasteiger partial charge is 0.491 e. The van der Waals surface area contributed by atoms with Gasteiger partial charge in [-0.3, -0.25) is 0 Å². The third-order valence-corrected chi connectivity index (χ3v) is 2.03. The molecule has 1 aliphatic heterocycles. The predicted molar refractivity (Wildman–Crippen MR) is 43.5 cm³/mol. The number of fused-ring (bicyclic) bond motifs is 1. The fraction of sp³-hybridized carbons (Fsp3) is 0.250. The first-order valence-electron chi connectivity index (χ1n) is 3.71. The van der Waals surface area contributed by atoms with Gasteiger partial charge in [-0.2, -0.15) is 0 Å². The Morgan fingerprint density at radius 1 is 1.45 bits per heavy atom. The Bertz CT molecular complexity index is 248. The molecule has 1 aromatic carbocycles. The van der Waals surface area contributed by atoms with Gasteiger partial charge in [-0.15, -0.1) is 0 Å². The summed E-state index contributed by atoms with van der Waals surface area (Å²) in [7, 11) is -0.721. The molecule has 1 N–H and O–H groups in total. The first-order chi connectivity index (χ1) is 5.29. The third-order valence-electron chi connectivity index (χ3n) is 2.03. The summed E-state index contributed by atoms with van der Waals surface area (Å²) in [5.41, 5.74) is 2.00. The van der Waals surface area contributed by atoms with Gasteiger partial charge < -0.3 is 9.68 Å². The van der Waals surface area contributed by atoms with E-state index in [2.05, 4.69) is 0 Å². The van der Waals surface area contributed by atoms with Crippen molar-refractivity contribution in [3.05, 3.63) is 29.8 Å². The molecule has 0 fully saturated rings. The summed E-state index contributed by atoms with van der Waals surface area (Å²) < 4.78 is 5.19. The highest BCUT2D eigenvalue weighted by Gasteiger charge is 2.31. The van der Waals surface area contributed by atoms with Gasteiger partial charge in [-0.05, 0) is 17.9 Å². The maximum Gasteiger partial charge on any atom is 0.491 e. The average molecular weight is 148 g/mol. The predicted octanol–water partition coefficient (Wildman–Crippen LogP) is 0.465. The summed E-state index contributed by atoms with van der Waals surface area (Å²) in [6.07, 6.45) is 0.0289. The summed E-state index contributed by atoms with van der Waals surface area (Å²) in [5.74, 6) is 0. The zero-order chi connectivity index (χ0) is 7.84. The summed E-state index contributed by atoms with van der Waals surface area (Å²) >= 11 is 0. The van der Waals surface area contributed by atoms with Crippen LogP contribution in [0.2, 0.25) is 0 Å². The first kappa shape index (κ1) is 6.89. The maximum atomic E-state index is 9.33. The zero-order valence-electron chi connectivity index (χ0n) is 6.32. The molecule has 0 bridgehead atoms. The molecule has 0 spiro atoms. The Morgan fingerprint density at radius 2 is 2.18 bits per heavy atom. The van der Waals surface area contributed by atoms with Crippen LogP contribution in [0.15, 0.2) is 24.3 Å². The molecule has 2 rings (SSSR count). The van der Waals surface area contributed by atoms with E-state index in [-0.39, 0.29) is 6.10 Å². The first-order valence-corrected chi connectivity index (χ1v) is 3.71. The zero-order valence-corrected chi connectivity index (χ0v) is 6.32. The molecule has 1 heterocycles. The van der Waals surface area contributed by atoms with Crippen LogP contribution in [0.3, 0.4) is 0 Å². The standard InChI is InChI=1S/C8H9BO2/c1-6-7-4-2-3-5-8(7)9(10)11-6/h2-6,10H,1H3/t6-/m0/s1. The lowest BCUT2D eigenvalue weighted by Gasteiger charge is -2.02. The molecule has 3 heteroatoms. The smallest absolute Gasteiger partial charge is 0.423 e. The number of rotatable bonds is 0.